The number of aryl methyl sites for hydroxylation is 1. The number of nitrogens with zero attached hydrogens (tertiary/aromatic N) is 2. The summed E-state index contributed by atoms with van der Waals surface area (Å²) in [6, 6.07) is 9.82. The minimum Gasteiger partial charge on any atom is -0.467 e. The molecule has 0 saturated heterocycles. The minimum absolute atomic E-state index is 0.0693. The van der Waals surface area contributed by atoms with Gasteiger partial charge >= 0.3 is 0 Å². The predicted molar refractivity (Wildman–Crippen MR) is 97.4 cm³/mol. The van der Waals surface area contributed by atoms with E-state index in [9.17, 15) is 4.79 Å². The number of nitrogens with one attached hydrogen (secondary N) is 2. The van der Waals surface area contributed by atoms with Crippen LogP contribution in [0, 0.1) is 6.92 Å². The average Bonchev–Trinajstić information content (AvgIpc) is 3.25. The molecule has 1 aromatic carbocycles. The molecule has 0 aliphatic rings. The van der Waals surface area contributed by atoms with Gasteiger partial charge in [0, 0.05) is 10.9 Å². The van der Waals surface area contributed by atoms with E-state index in [1.807, 2.05) is 12.1 Å². The van der Waals surface area contributed by atoms with E-state index in [4.69, 9.17) is 4.42 Å². The van der Waals surface area contributed by atoms with Gasteiger partial charge < -0.3 is 14.7 Å². The number of rotatable bonds is 5. The molecular formula is C18H16N4O2S. The van der Waals surface area contributed by atoms with Crippen molar-refractivity contribution >= 4 is 39.6 Å². The molecule has 25 heavy (non-hydrogen) atoms. The predicted octanol–water partition coefficient (Wildman–Crippen LogP) is 3.42. The fraction of sp³-hybridized carbons (Fsp3) is 0.167. The fourth-order valence-corrected chi connectivity index (χ4v) is 3.46. The summed E-state index contributed by atoms with van der Waals surface area (Å²) in [5, 5.41) is 4.67. The van der Waals surface area contributed by atoms with E-state index in [1.54, 1.807) is 18.7 Å². The largest absolute Gasteiger partial charge is 0.467 e. The van der Waals surface area contributed by atoms with Crippen molar-refractivity contribution in [2.45, 2.75) is 18.5 Å². The molecule has 126 valence electrons. The monoisotopic (exact) mass is 352 g/mol. The summed E-state index contributed by atoms with van der Waals surface area (Å²) in [4.78, 5) is 24.1. The highest BCUT2D eigenvalue weighted by Crippen LogP contribution is 2.30. The Morgan fingerprint density at radius 2 is 2.24 bits per heavy atom. The number of fused-ring (bicyclic) bond motifs is 3. The van der Waals surface area contributed by atoms with Gasteiger partial charge in [-0.25, -0.2) is 9.97 Å². The zero-order chi connectivity index (χ0) is 17.2. The van der Waals surface area contributed by atoms with Crippen LogP contribution in [-0.2, 0) is 11.3 Å². The lowest BCUT2D eigenvalue weighted by atomic mass is 10.2. The molecule has 0 atom stereocenters. The third-order valence-electron chi connectivity index (χ3n) is 3.88. The van der Waals surface area contributed by atoms with Gasteiger partial charge in [0.25, 0.3) is 0 Å². The summed E-state index contributed by atoms with van der Waals surface area (Å²) < 4.78 is 5.20. The maximum Gasteiger partial charge on any atom is 0.230 e. The maximum absolute atomic E-state index is 12.0. The van der Waals surface area contributed by atoms with Crippen LogP contribution in [0.4, 0.5) is 0 Å². The molecule has 0 spiro atoms. The zero-order valence-corrected chi connectivity index (χ0v) is 14.4. The lowest BCUT2D eigenvalue weighted by Gasteiger charge is -2.03. The molecule has 3 heterocycles. The summed E-state index contributed by atoms with van der Waals surface area (Å²) >= 11 is 1.39. The highest BCUT2D eigenvalue weighted by Gasteiger charge is 2.12. The van der Waals surface area contributed by atoms with Crippen molar-refractivity contribution in [3.63, 3.8) is 0 Å². The van der Waals surface area contributed by atoms with Gasteiger partial charge in [-0.2, -0.15) is 0 Å². The normalized spacial score (nSPS) is 11.2. The van der Waals surface area contributed by atoms with Gasteiger partial charge in [-0.3, -0.25) is 4.79 Å². The second-order valence-electron chi connectivity index (χ2n) is 5.72. The molecular weight excluding hydrogens is 336 g/mol. The number of amides is 1. The van der Waals surface area contributed by atoms with Crippen LogP contribution in [0.2, 0.25) is 0 Å². The zero-order valence-electron chi connectivity index (χ0n) is 13.6. The molecule has 7 heteroatoms. The second-order valence-corrected chi connectivity index (χ2v) is 6.69. The molecule has 6 nitrogen and oxygen atoms in total. The quantitative estimate of drug-likeness (QED) is 0.425. The Hall–Kier alpha value is -2.80. The van der Waals surface area contributed by atoms with Gasteiger partial charge in [-0.05, 0) is 31.2 Å². The van der Waals surface area contributed by atoms with Crippen molar-refractivity contribution < 1.29 is 9.21 Å². The molecule has 0 aliphatic heterocycles. The number of hydrogen-bond donors (Lipinski definition) is 2. The number of furan rings is 1. The number of aromatic nitrogens is 3. The number of benzene rings is 1. The lowest BCUT2D eigenvalue weighted by Crippen LogP contribution is -2.24. The number of hydrogen-bond acceptors (Lipinski definition) is 5. The Balaban J connectivity index is 1.51. The van der Waals surface area contributed by atoms with E-state index in [2.05, 4.69) is 39.3 Å². The Labute approximate surface area is 148 Å². The number of thioether (sulfide) groups is 1. The number of aromatic amines is 1. The van der Waals surface area contributed by atoms with Crippen LogP contribution in [0.3, 0.4) is 0 Å². The number of H-pyrrole nitrogens is 1. The lowest BCUT2D eigenvalue weighted by molar-refractivity contribution is -0.118. The van der Waals surface area contributed by atoms with Crippen LogP contribution >= 0.6 is 11.8 Å². The van der Waals surface area contributed by atoms with Crippen molar-refractivity contribution in [2.24, 2.45) is 0 Å². The van der Waals surface area contributed by atoms with Gasteiger partial charge in [0.2, 0.25) is 5.91 Å². The summed E-state index contributed by atoms with van der Waals surface area (Å²) in [5.74, 6) is 0.940. The van der Waals surface area contributed by atoms with Gasteiger partial charge in [0.1, 0.15) is 22.6 Å². The highest BCUT2D eigenvalue weighted by molar-refractivity contribution is 8.00. The summed E-state index contributed by atoms with van der Waals surface area (Å²) in [6.45, 7) is 2.44. The smallest absolute Gasteiger partial charge is 0.230 e. The van der Waals surface area contributed by atoms with Crippen LogP contribution < -0.4 is 5.32 Å². The van der Waals surface area contributed by atoms with Crippen molar-refractivity contribution in [1.29, 1.82) is 0 Å². The first-order valence-corrected chi connectivity index (χ1v) is 8.84. The summed E-state index contributed by atoms with van der Waals surface area (Å²) in [5.41, 5.74) is 3.95. The van der Waals surface area contributed by atoms with E-state index in [1.165, 1.54) is 17.3 Å². The summed E-state index contributed by atoms with van der Waals surface area (Å²) in [6.07, 6.45) is 3.13. The Kier molecular flexibility index (Phi) is 4.15. The first-order valence-electron chi connectivity index (χ1n) is 7.85. The van der Waals surface area contributed by atoms with Crippen LogP contribution in [0.25, 0.3) is 21.9 Å². The minimum atomic E-state index is -0.0693. The molecule has 0 aliphatic carbocycles. The third-order valence-corrected chi connectivity index (χ3v) is 4.87. The van der Waals surface area contributed by atoms with E-state index in [0.717, 1.165) is 32.7 Å². The third kappa shape index (κ3) is 3.23. The SMILES string of the molecule is Cc1ccc2[nH]c3c(SCC(=O)NCc4ccco4)ncnc3c2c1. The van der Waals surface area contributed by atoms with Gasteiger partial charge in [-0.1, -0.05) is 23.4 Å². The molecule has 0 bridgehead atoms. The Morgan fingerprint density at radius 1 is 1.32 bits per heavy atom. The molecule has 4 rings (SSSR count). The molecule has 0 radical (unpaired) electrons. The molecule has 3 aromatic heterocycles. The maximum atomic E-state index is 12.0. The van der Waals surface area contributed by atoms with Crippen LogP contribution in [0.1, 0.15) is 11.3 Å². The molecule has 0 saturated carbocycles. The van der Waals surface area contributed by atoms with Crippen LogP contribution in [0.5, 0.6) is 0 Å². The summed E-state index contributed by atoms with van der Waals surface area (Å²) in [7, 11) is 0. The van der Waals surface area contributed by atoms with Crippen molar-refractivity contribution in [2.75, 3.05) is 5.75 Å². The van der Waals surface area contributed by atoms with Gasteiger partial charge in [0.05, 0.1) is 24.1 Å². The Bertz CT molecular complexity index is 1040. The van der Waals surface area contributed by atoms with E-state index < -0.39 is 0 Å². The topological polar surface area (TPSA) is 83.8 Å². The average molecular weight is 352 g/mol. The molecule has 0 unspecified atom stereocenters. The molecule has 4 aromatic rings. The van der Waals surface area contributed by atoms with Crippen LogP contribution in [0.15, 0.2) is 52.4 Å². The fourth-order valence-electron chi connectivity index (χ4n) is 2.68. The van der Waals surface area contributed by atoms with E-state index in [0.29, 0.717) is 6.54 Å². The van der Waals surface area contributed by atoms with Crippen molar-refractivity contribution in [3.8, 4) is 0 Å². The highest BCUT2D eigenvalue weighted by atomic mass is 32.2. The Morgan fingerprint density at radius 3 is 3.08 bits per heavy atom. The number of carbonyl (C=O) groups excluding carboxylic acids is 1. The van der Waals surface area contributed by atoms with Crippen molar-refractivity contribution in [3.05, 3.63) is 54.2 Å². The standard InChI is InChI=1S/C18H16N4O2S/c1-11-4-5-14-13(7-11)16-17(22-14)18(21-10-20-16)25-9-15(23)19-8-12-3-2-6-24-12/h2-7,10,22H,8-9H2,1H3,(H,19,23). The number of carbonyl (C=O) groups is 1. The van der Waals surface area contributed by atoms with Crippen molar-refractivity contribution in [1.82, 2.24) is 20.3 Å². The van der Waals surface area contributed by atoms with E-state index in [-0.39, 0.29) is 11.7 Å². The first kappa shape index (κ1) is 15.7. The molecule has 1 amide bonds. The second kappa shape index (κ2) is 6.60. The van der Waals surface area contributed by atoms with Crippen LogP contribution in [-0.4, -0.2) is 26.6 Å². The van der Waals surface area contributed by atoms with E-state index >= 15 is 0 Å². The first-order chi connectivity index (χ1) is 12.2. The molecule has 2 N–H and O–H groups in total. The van der Waals surface area contributed by atoms with Gasteiger partial charge in [0.15, 0.2) is 0 Å². The van der Waals surface area contributed by atoms with Gasteiger partial charge in [-0.15, -0.1) is 0 Å². The molecule has 0 fully saturated rings.